The largest absolute Gasteiger partial charge is 0.148 e. The standard InChI is InChI=1S/C32H62S/c1-3-5-7-9-11-13-19-25-31(27-21-15-16-22-28-31)33-32(29-23-17-18-24-30-32)26-20-14-12-10-8-6-4-2/h3-30H2,1-2H3. The Kier molecular flexibility index (Phi) is 16.7. The molecule has 196 valence electrons. The predicted molar refractivity (Wildman–Crippen MR) is 154 cm³/mol. The quantitative estimate of drug-likeness (QED) is 0.139. The molecule has 2 rings (SSSR count). The summed E-state index contributed by atoms with van der Waals surface area (Å²) < 4.78 is 1.26. The summed E-state index contributed by atoms with van der Waals surface area (Å²) in [6.07, 6.45) is 41.8. The molecule has 0 saturated heterocycles. The second-order valence-corrected chi connectivity index (χ2v) is 14.0. The molecule has 0 amide bonds. The van der Waals surface area contributed by atoms with Gasteiger partial charge in [-0.25, -0.2) is 0 Å². The van der Waals surface area contributed by atoms with E-state index >= 15 is 0 Å². The molecule has 0 nitrogen and oxygen atoms in total. The van der Waals surface area contributed by atoms with Crippen LogP contribution in [0.25, 0.3) is 0 Å². The van der Waals surface area contributed by atoms with Crippen molar-refractivity contribution in [3.63, 3.8) is 0 Å². The Morgan fingerprint density at radius 3 is 1.03 bits per heavy atom. The highest BCUT2D eigenvalue weighted by molar-refractivity contribution is 8.02. The number of unbranched alkanes of at least 4 members (excludes halogenated alkanes) is 12. The number of hydrogen-bond donors (Lipinski definition) is 0. The van der Waals surface area contributed by atoms with Gasteiger partial charge in [0.2, 0.25) is 0 Å². The molecule has 0 heterocycles. The summed E-state index contributed by atoms with van der Waals surface area (Å²) >= 11 is 2.61. The molecule has 0 aromatic carbocycles. The Morgan fingerprint density at radius 1 is 0.394 bits per heavy atom. The first kappa shape index (κ1) is 29.6. The first-order valence-corrected chi connectivity index (χ1v) is 16.8. The molecular weight excluding hydrogens is 416 g/mol. The number of hydrogen-bond acceptors (Lipinski definition) is 1. The van der Waals surface area contributed by atoms with Gasteiger partial charge < -0.3 is 0 Å². The first-order valence-electron chi connectivity index (χ1n) is 15.9. The molecule has 0 aromatic rings. The van der Waals surface area contributed by atoms with Crippen LogP contribution in [0.3, 0.4) is 0 Å². The van der Waals surface area contributed by atoms with Crippen molar-refractivity contribution < 1.29 is 0 Å². The summed E-state index contributed by atoms with van der Waals surface area (Å²) in [4.78, 5) is 0. The lowest BCUT2D eigenvalue weighted by atomic mass is 9.91. The molecule has 2 aliphatic carbocycles. The van der Waals surface area contributed by atoms with Crippen LogP contribution >= 0.6 is 11.8 Å². The molecule has 0 aromatic heterocycles. The van der Waals surface area contributed by atoms with Gasteiger partial charge in [-0.2, -0.15) is 0 Å². The van der Waals surface area contributed by atoms with Gasteiger partial charge >= 0.3 is 0 Å². The molecule has 33 heavy (non-hydrogen) atoms. The van der Waals surface area contributed by atoms with Crippen LogP contribution in [0.15, 0.2) is 0 Å². The van der Waals surface area contributed by atoms with E-state index in [1.54, 1.807) is 0 Å². The average molecular weight is 479 g/mol. The van der Waals surface area contributed by atoms with Crippen LogP contribution in [0.1, 0.15) is 194 Å². The van der Waals surface area contributed by atoms with Crippen LogP contribution in [0.4, 0.5) is 0 Å². The van der Waals surface area contributed by atoms with Crippen LogP contribution in [-0.4, -0.2) is 9.49 Å². The van der Waals surface area contributed by atoms with E-state index in [2.05, 4.69) is 25.6 Å². The Labute approximate surface area is 214 Å². The van der Waals surface area contributed by atoms with Gasteiger partial charge in [0.1, 0.15) is 0 Å². The zero-order valence-corrected chi connectivity index (χ0v) is 24.0. The lowest BCUT2D eigenvalue weighted by molar-refractivity contribution is 0.410. The van der Waals surface area contributed by atoms with E-state index in [-0.39, 0.29) is 0 Å². The Bertz CT molecular complexity index is 386. The van der Waals surface area contributed by atoms with E-state index in [0.717, 1.165) is 0 Å². The summed E-state index contributed by atoms with van der Waals surface area (Å²) in [5.74, 6) is 0. The highest BCUT2D eigenvalue weighted by Crippen LogP contribution is 2.54. The minimum atomic E-state index is 0.630. The van der Waals surface area contributed by atoms with E-state index in [9.17, 15) is 0 Å². The zero-order valence-electron chi connectivity index (χ0n) is 23.2. The highest BCUT2D eigenvalue weighted by Gasteiger charge is 2.41. The minimum Gasteiger partial charge on any atom is -0.148 e. The highest BCUT2D eigenvalue weighted by atomic mass is 32.2. The summed E-state index contributed by atoms with van der Waals surface area (Å²) in [5.41, 5.74) is 0. The van der Waals surface area contributed by atoms with E-state index < -0.39 is 0 Å². The molecule has 0 bridgehead atoms. The van der Waals surface area contributed by atoms with Gasteiger partial charge in [-0.3, -0.25) is 0 Å². The summed E-state index contributed by atoms with van der Waals surface area (Å²) in [5, 5.41) is 0. The molecular formula is C32H62S. The van der Waals surface area contributed by atoms with Crippen molar-refractivity contribution in [1.82, 2.24) is 0 Å². The lowest BCUT2D eigenvalue weighted by Crippen LogP contribution is -2.35. The maximum absolute atomic E-state index is 2.61. The summed E-state index contributed by atoms with van der Waals surface area (Å²) in [7, 11) is 0. The maximum atomic E-state index is 2.61. The molecule has 2 fully saturated rings. The summed E-state index contributed by atoms with van der Waals surface area (Å²) in [6, 6.07) is 0. The molecule has 0 N–H and O–H groups in total. The van der Waals surface area contributed by atoms with Crippen molar-refractivity contribution in [2.75, 3.05) is 0 Å². The van der Waals surface area contributed by atoms with Gasteiger partial charge in [0.05, 0.1) is 0 Å². The second kappa shape index (κ2) is 18.6. The third kappa shape index (κ3) is 12.7. The molecule has 0 radical (unpaired) electrons. The van der Waals surface area contributed by atoms with Crippen molar-refractivity contribution in [1.29, 1.82) is 0 Å². The van der Waals surface area contributed by atoms with Crippen molar-refractivity contribution in [3.05, 3.63) is 0 Å². The van der Waals surface area contributed by atoms with E-state index in [1.165, 1.54) is 180 Å². The van der Waals surface area contributed by atoms with Gasteiger partial charge in [0.25, 0.3) is 0 Å². The Hall–Kier alpha value is 0.350. The van der Waals surface area contributed by atoms with E-state index in [0.29, 0.717) is 9.49 Å². The Balaban J connectivity index is 1.92. The van der Waals surface area contributed by atoms with Crippen LogP contribution in [0.2, 0.25) is 0 Å². The third-order valence-electron chi connectivity index (χ3n) is 8.93. The fourth-order valence-corrected chi connectivity index (χ4v) is 9.22. The SMILES string of the molecule is CCCCCCCCCC1(SC2(CCCCCCCCC)CCCCCC2)CCCCCC1. The van der Waals surface area contributed by atoms with Crippen molar-refractivity contribution >= 4 is 11.8 Å². The van der Waals surface area contributed by atoms with Crippen LogP contribution in [0.5, 0.6) is 0 Å². The van der Waals surface area contributed by atoms with Crippen LogP contribution in [-0.2, 0) is 0 Å². The van der Waals surface area contributed by atoms with E-state index in [1.807, 2.05) is 0 Å². The average Bonchev–Trinajstić information content (AvgIpc) is 3.19. The van der Waals surface area contributed by atoms with E-state index in [4.69, 9.17) is 0 Å². The van der Waals surface area contributed by atoms with Gasteiger partial charge in [0.15, 0.2) is 0 Å². The smallest absolute Gasteiger partial charge is 0.0165 e. The van der Waals surface area contributed by atoms with Crippen molar-refractivity contribution in [2.45, 2.75) is 203 Å². The van der Waals surface area contributed by atoms with Crippen LogP contribution in [0, 0.1) is 0 Å². The third-order valence-corrected chi connectivity index (χ3v) is 11.0. The number of thioether (sulfide) groups is 1. The molecule has 0 unspecified atom stereocenters. The van der Waals surface area contributed by atoms with Gasteiger partial charge in [-0.05, 0) is 38.5 Å². The minimum absolute atomic E-state index is 0.630. The van der Waals surface area contributed by atoms with Gasteiger partial charge in [-0.1, -0.05) is 155 Å². The van der Waals surface area contributed by atoms with Gasteiger partial charge in [-0.15, -0.1) is 11.8 Å². The topological polar surface area (TPSA) is 0 Å². The first-order chi connectivity index (χ1) is 16.2. The lowest BCUT2D eigenvalue weighted by Gasteiger charge is -2.44. The number of rotatable bonds is 18. The van der Waals surface area contributed by atoms with Crippen molar-refractivity contribution in [2.24, 2.45) is 0 Å². The molecule has 0 atom stereocenters. The summed E-state index contributed by atoms with van der Waals surface area (Å²) in [6.45, 7) is 4.67. The molecule has 2 saturated carbocycles. The fraction of sp³-hybridized carbons (Fsp3) is 1.00. The van der Waals surface area contributed by atoms with Crippen molar-refractivity contribution in [3.8, 4) is 0 Å². The van der Waals surface area contributed by atoms with Gasteiger partial charge in [0, 0.05) is 9.49 Å². The second-order valence-electron chi connectivity index (χ2n) is 12.0. The molecule has 2 aliphatic rings. The predicted octanol–water partition coefficient (Wildman–Crippen LogP) is 12.2. The zero-order chi connectivity index (χ0) is 23.5. The normalized spacial score (nSPS) is 20.9. The van der Waals surface area contributed by atoms with Crippen LogP contribution < -0.4 is 0 Å². The maximum Gasteiger partial charge on any atom is 0.0165 e. The molecule has 0 aliphatic heterocycles. The Morgan fingerprint density at radius 2 is 0.697 bits per heavy atom. The monoisotopic (exact) mass is 478 g/mol. The molecule has 0 spiro atoms. The fourth-order valence-electron chi connectivity index (χ4n) is 6.82. The molecule has 1 heteroatoms.